The summed E-state index contributed by atoms with van der Waals surface area (Å²) in [6, 6.07) is 4.72. The molecule has 80 valence electrons. The largest absolute Gasteiger partial charge is 0.303 e. The number of nitrogens with zero attached hydrogens (tertiary/aromatic N) is 1. The van der Waals surface area contributed by atoms with E-state index in [0.717, 1.165) is 11.8 Å². The highest BCUT2D eigenvalue weighted by molar-refractivity contribution is 9.08. The van der Waals surface area contributed by atoms with E-state index in [9.17, 15) is 14.9 Å². The summed E-state index contributed by atoms with van der Waals surface area (Å²) in [6.45, 7) is 1.71. The molecular formula is C10H10BrNO3. The minimum absolute atomic E-state index is 0.0238. The molecule has 0 saturated carbocycles. The van der Waals surface area contributed by atoms with Gasteiger partial charge in [0.05, 0.1) is 4.92 Å². The molecule has 0 aliphatic rings. The van der Waals surface area contributed by atoms with Crippen LogP contribution < -0.4 is 0 Å². The number of alkyl halides is 1. The van der Waals surface area contributed by atoms with Gasteiger partial charge in [0, 0.05) is 23.4 Å². The first-order valence-corrected chi connectivity index (χ1v) is 5.50. The quantitative estimate of drug-likeness (QED) is 0.366. The van der Waals surface area contributed by atoms with Gasteiger partial charge in [-0.2, -0.15) is 0 Å². The van der Waals surface area contributed by atoms with Crippen molar-refractivity contribution in [2.75, 3.05) is 0 Å². The van der Waals surface area contributed by atoms with E-state index >= 15 is 0 Å². The maximum absolute atomic E-state index is 10.6. The molecule has 0 bridgehead atoms. The van der Waals surface area contributed by atoms with E-state index < -0.39 is 4.92 Å². The zero-order chi connectivity index (χ0) is 11.4. The molecule has 15 heavy (non-hydrogen) atoms. The van der Waals surface area contributed by atoms with Crippen LogP contribution in [0.2, 0.25) is 0 Å². The first-order chi connectivity index (χ1) is 7.08. The van der Waals surface area contributed by atoms with Gasteiger partial charge in [-0.25, -0.2) is 0 Å². The standard InChI is InChI=1S/C10H10BrNO3/c1-7(6-13)9-2-8(5-11)3-10(4-9)12(14)15/h2-4,6-7H,5H2,1H3. The third-order valence-corrected chi connectivity index (χ3v) is 2.74. The van der Waals surface area contributed by atoms with Gasteiger partial charge in [0.15, 0.2) is 0 Å². The Hall–Kier alpha value is -1.23. The predicted molar refractivity (Wildman–Crippen MR) is 60.2 cm³/mol. The van der Waals surface area contributed by atoms with Crippen molar-refractivity contribution in [3.63, 3.8) is 0 Å². The third kappa shape index (κ3) is 2.86. The van der Waals surface area contributed by atoms with Crippen molar-refractivity contribution in [3.8, 4) is 0 Å². The minimum Gasteiger partial charge on any atom is -0.303 e. The first-order valence-electron chi connectivity index (χ1n) is 4.38. The van der Waals surface area contributed by atoms with Gasteiger partial charge in [-0.05, 0) is 11.1 Å². The molecule has 5 heteroatoms. The Bertz CT molecular complexity index is 392. The fourth-order valence-corrected chi connectivity index (χ4v) is 1.55. The van der Waals surface area contributed by atoms with Crippen LogP contribution in [0.5, 0.6) is 0 Å². The van der Waals surface area contributed by atoms with Gasteiger partial charge in [-0.3, -0.25) is 10.1 Å². The second-order valence-electron chi connectivity index (χ2n) is 3.25. The Balaban J connectivity index is 3.22. The maximum Gasteiger partial charge on any atom is 0.270 e. The molecular weight excluding hydrogens is 262 g/mol. The van der Waals surface area contributed by atoms with Crippen molar-refractivity contribution in [3.05, 3.63) is 39.4 Å². The number of hydrogen-bond donors (Lipinski definition) is 0. The second-order valence-corrected chi connectivity index (χ2v) is 3.81. The Morgan fingerprint density at radius 2 is 2.20 bits per heavy atom. The summed E-state index contributed by atoms with van der Waals surface area (Å²) in [4.78, 5) is 20.8. The van der Waals surface area contributed by atoms with E-state index in [-0.39, 0.29) is 11.6 Å². The van der Waals surface area contributed by atoms with Crippen LogP contribution >= 0.6 is 15.9 Å². The van der Waals surface area contributed by atoms with Gasteiger partial charge in [0.1, 0.15) is 6.29 Å². The van der Waals surface area contributed by atoms with Crippen molar-refractivity contribution in [2.24, 2.45) is 0 Å². The molecule has 0 spiro atoms. The van der Waals surface area contributed by atoms with E-state index in [4.69, 9.17) is 0 Å². The van der Waals surface area contributed by atoms with Crippen LogP contribution in [0.4, 0.5) is 5.69 Å². The Morgan fingerprint density at radius 1 is 1.53 bits per heavy atom. The van der Waals surface area contributed by atoms with Crippen molar-refractivity contribution in [1.29, 1.82) is 0 Å². The topological polar surface area (TPSA) is 60.2 Å². The summed E-state index contributed by atoms with van der Waals surface area (Å²) in [5.41, 5.74) is 1.50. The molecule has 0 aliphatic heterocycles. The number of benzene rings is 1. The van der Waals surface area contributed by atoms with Crippen LogP contribution in [0.15, 0.2) is 18.2 Å². The van der Waals surface area contributed by atoms with Crippen LogP contribution in [0.3, 0.4) is 0 Å². The SMILES string of the molecule is CC(C=O)c1cc(CBr)cc([N+](=O)[O-])c1. The zero-order valence-electron chi connectivity index (χ0n) is 8.14. The van der Waals surface area contributed by atoms with Crippen LogP contribution in [-0.2, 0) is 10.1 Å². The molecule has 1 unspecified atom stereocenters. The molecule has 0 aromatic heterocycles. The number of non-ortho nitro benzene ring substituents is 1. The Morgan fingerprint density at radius 3 is 2.67 bits per heavy atom. The van der Waals surface area contributed by atoms with Crippen molar-refractivity contribution < 1.29 is 9.72 Å². The maximum atomic E-state index is 10.6. The summed E-state index contributed by atoms with van der Waals surface area (Å²) in [5, 5.41) is 11.2. The van der Waals surface area contributed by atoms with Crippen molar-refractivity contribution >= 4 is 27.9 Å². The molecule has 0 aliphatic carbocycles. The lowest BCUT2D eigenvalue weighted by Crippen LogP contribution is -1.98. The minimum atomic E-state index is -0.451. The number of halogens is 1. The monoisotopic (exact) mass is 271 g/mol. The summed E-state index contributed by atoms with van der Waals surface area (Å²) in [7, 11) is 0. The summed E-state index contributed by atoms with van der Waals surface area (Å²) in [5.74, 6) is -0.317. The molecule has 1 atom stereocenters. The highest BCUT2D eigenvalue weighted by atomic mass is 79.9. The Labute approximate surface area is 95.6 Å². The summed E-state index contributed by atoms with van der Waals surface area (Å²) < 4.78 is 0. The predicted octanol–water partition coefficient (Wildman–Crippen LogP) is 2.79. The summed E-state index contributed by atoms with van der Waals surface area (Å²) in [6.07, 6.45) is 0.775. The van der Waals surface area contributed by atoms with Crippen LogP contribution in [0.1, 0.15) is 24.0 Å². The molecule has 0 fully saturated rings. The zero-order valence-corrected chi connectivity index (χ0v) is 9.73. The number of carbonyl (C=O) groups excluding carboxylic acids is 1. The third-order valence-electron chi connectivity index (χ3n) is 2.09. The van der Waals surface area contributed by atoms with Crippen molar-refractivity contribution in [1.82, 2.24) is 0 Å². The number of rotatable bonds is 4. The number of carbonyl (C=O) groups is 1. The molecule has 1 rings (SSSR count). The molecule has 0 saturated heterocycles. The van der Waals surface area contributed by atoms with Gasteiger partial charge in [0.2, 0.25) is 0 Å². The van der Waals surface area contributed by atoms with Crippen LogP contribution in [0.25, 0.3) is 0 Å². The molecule has 1 aromatic carbocycles. The summed E-state index contributed by atoms with van der Waals surface area (Å²) >= 11 is 3.24. The van der Waals surface area contributed by atoms with E-state index in [2.05, 4.69) is 15.9 Å². The number of nitro groups is 1. The number of nitro benzene ring substituents is 1. The molecule has 0 amide bonds. The van der Waals surface area contributed by atoms with E-state index in [1.165, 1.54) is 12.1 Å². The molecule has 0 radical (unpaired) electrons. The van der Waals surface area contributed by atoms with Gasteiger partial charge in [-0.15, -0.1) is 0 Å². The fourth-order valence-electron chi connectivity index (χ4n) is 1.22. The lowest BCUT2D eigenvalue weighted by atomic mass is 10.00. The normalized spacial score (nSPS) is 12.1. The smallest absolute Gasteiger partial charge is 0.270 e. The van der Waals surface area contributed by atoms with Gasteiger partial charge >= 0.3 is 0 Å². The van der Waals surface area contributed by atoms with Gasteiger partial charge in [-0.1, -0.05) is 28.9 Å². The van der Waals surface area contributed by atoms with Crippen molar-refractivity contribution in [2.45, 2.75) is 18.2 Å². The Kier molecular flexibility index (Phi) is 3.96. The van der Waals surface area contributed by atoms with Crippen LogP contribution in [-0.4, -0.2) is 11.2 Å². The van der Waals surface area contributed by atoms with Gasteiger partial charge < -0.3 is 4.79 Å². The first kappa shape index (κ1) is 11.8. The molecule has 0 heterocycles. The highest BCUT2D eigenvalue weighted by Gasteiger charge is 2.12. The molecule has 4 nitrogen and oxygen atoms in total. The van der Waals surface area contributed by atoms with E-state index in [0.29, 0.717) is 10.9 Å². The number of hydrogen-bond acceptors (Lipinski definition) is 3. The van der Waals surface area contributed by atoms with E-state index in [1.807, 2.05) is 0 Å². The molecule has 1 aromatic rings. The fraction of sp³-hybridized carbons (Fsp3) is 0.300. The average molecular weight is 272 g/mol. The van der Waals surface area contributed by atoms with Crippen LogP contribution in [0, 0.1) is 10.1 Å². The van der Waals surface area contributed by atoms with Gasteiger partial charge in [0.25, 0.3) is 5.69 Å². The lowest BCUT2D eigenvalue weighted by Gasteiger charge is -2.05. The molecule has 0 N–H and O–H groups in total. The second kappa shape index (κ2) is 5.02. The lowest BCUT2D eigenvalue weighted by molar-refractivity contribution is -0.385. The highest BCUT2D eigenvalue weighted by Crippen LogP contribution is 2.23. The average Bonchev–Trinajstić information content (AvgIpc) is 2.27. The van der Waals surface area contributed by atoms with E-state index in [1.54, 1.807) is 13.0 Å². The number of aldehydes is 1.